The topological polar surface area (TPSA) is 34.1 Å². The summed E-state index contributed by atoms with van der Waals surface area (Å²) in [4.78, 5) is 4.54. The molecule has 1 aromatic heterocycles. The summed E-state index contributed by atoms with van der Waals surface area (Å²) < 4.78 is 5.28. The molecule has 0 bridgehead atoms. The highest BCUT2D eigenvalue weighted by Gasteiger charge is 2.29. The Kier molecular flexibility index (Phi) is 4.23. The Morgan fingerprint density at radius 2 is 2.11 bits per heavy atom. The summed E-state index contributed by atoms with van der Waals surface area (Å²) in [6.45, 7) is 7.53. The molecule has 3 atom stereocenters. The summed E-state index contributed by atoms with van der Waals surface area (Å²) in [5.41, 5.74) is 2.08. The number of aryl methyl sites for hydroxylation is 1. The summed E-state index contributed by atoms with van der Waals surface area (Å²) in [6, 6.07) is 4.61. The number of hydrogen-bond acceptors (Lipinski definition) is 3. The minimum Gasteiger partial charge on any atom is -0.497 e. The SMILES string of the molecule is COc1cc(C)nc(CNC2CCC(C)C2C)c1. The Bertz CT molecular complexity index is 405. The number of pyridine rings is 1. The second-order valence-electron chi connectivity index (χ2n) is 5.54. The van der Waals surface area contributed by atoms with E-state index in [0.29, 0.717) is 6.04 Å². The quantitative estimate of drug-likeness (QED) is 0.889. The first kappa shape index (κ1) is 13.3. The van der Waals surface area contributed by atoms with Crippen LogP contribution < -0.4 is 10.1 Å². The third-order valence-corrected chi connectivity index (χ3v) is 4.23. The average molecular weight is 248 g/mol. The lowest BCUT2D eigenvalue weighted by molar-refractivity contribution is 0.367. The van der Waals surface area contributed by atoms with Crippen LogP contribution in [-0.4, -0.2) is 18.1 Å². The van der Waals surface area contributed by atoms with E-state index in [1.165, 1.54) is 12.8 Å². The molecule has 0 saturated heterocycles. The molecular formula is C15H24N2O. The maximum absolute atomic E-state index is 5.28. The van der Waals surface area contributed by atoms with Crippen molar-refractivity contribution in [3.63, 3.8) is 0 Å². The van der Waals surface area contributed by atoms with Gasteiger partial charge in [0, 0.05) is 30.4 Å². The van der Waals surface area contributed by atoms with Gasteiger partial charge < -0.3 is 10.1 Å². The molecule has 1 N–H and O–H groups in total. The number of ether oxygens (including phenoxy) is 1. The minimum absolute atomic E-state index is 0.633. The van der Waals surface area contributed by atoms with Gasteiger partial charge in [0.05, 0.1) is 12.8 Å². The lowest BCUT2D eigenvalue weighted by atomic mass is 9.98. The van der Waals surface area contributed by atoms with Crippen molar-refractivity contribution >= 4 is 0 Å². The largest absolute Gasteiger partial charge is 0.497 e. The molecule has 1 fully saturated rings. The van der Waals surface area contributed by atoms with Crippen molar-refractivity contribution in [1.82, 2.24) is 10.3 Å². The maximum Gasteiger partial charge on any atom is 0.122 e. The molecule has 0 aliphatic heterocycles. The molecule has 3 heteroatoms. The van der Waals surface area contributed by atoms with Crippen molar-refractivity contribution < 1.29 is 4.74 Å². The van der Waals surface area contributed by atoms with Gasteiger partial charge in [-0.25, -0.2) is 0 Å². The van der Waals surface area contributed by atoms with E-state index >= 15 is 0 Å². The van der Waals surface area contributed by atoms with Crippen LogP contribution in [0.5, 0.6) is 5.75 Å². The zero-order valence-electron chi connectivity index (χ0n) is 11.9. The van der Waals surface area contributed by atoms with E-state index in [0.717, 1.165) is 35.5 Å². The predicted molar refractivity (Wildman–Crippen MR) is 73.7 cm³/mol. The van der Waals surface area contributed by atoms with E-state index in [1.54, 1.807) is 7.11 Å². The normalized spacial score (nSPS) is 27.4. The number of nitrogens with one attached hydrogen (secondary N) is 1. The molecule has 1 aromatic rings. The molecular weight excluding hydrogens is 224 g/mol. The summed E-state index contributed by atoms with van der Waals surface area (Å²) in [6.07, 6.45) is 2.62. The van der Waals surface area contributed by atoms with Crippen molar-refractivity contribution in [3.8, 4) is 5.75 Å². The maximum atomic E-state index is 5.28. The molecule has 0 amide bonds. The van der Waals surface area contributed by atoms with Crippen LogP contribution in [0, 0.1) is 18.8 Å². The van der Waals surface area contributed by atoms with Gasteiger partial charge in [-0.3, -0.25) is 4.98 Å². The molecule has 0 spiro atoms. The number of hydrogen-bond donors (Lipinski definition) is 1. The summed E-state index contributed by atoms with van der Waals surface area (Å²) >= 11 is 0. The van der Waals surface area contributed by atoms with Crippen molar-refractivity contribution in [3.05, 3.63) is 23.5 Å². The third-order valence-electron chi connectivity index (χ3n) is 4.23. The Hall–Kier alpha value is -1.09. The Morgan fingerprint density at radius 3 is 2.72 bits per heavy atom. The minimum atomic E-state index is 0.633. The van der Waals surface area contributed by atoms with Gasteiger partial charge in [0.2, 0.25) is 0 Å². The number of aromatic nitrogens is 1. The van der Waals surface area contributed by atoms with Crippen LogP contribution >= 0.6 is 0 Å². The number of rotatable bonds is 4. The van der Waals surface area contributed by atoms with Crippen LogP contribution in [-0.2, 0) is 6.54 Å². The molecule has 0 radical (unpaired) electrons. The second-order valence-corrected chi connectivity index (χ2v) is 5.54. The van der Waals surface area contributed by atoms with Crippen LogP contribution in [0.3, 0.4) is 0 Å². The summed E-state index contributed by atoms with van der Waals surface area (Å²) in [5.74, 6) is 2.49. The van der Waals surface area contributed by atoms with E-state index in [4.69, 9.17) is 4.74 Å². The van der Waals surface area contributed by atoms with Crippen molar-refractivity contribution in [1.29, 1.82) is 0 Å². The standard InChI is InChI=1S/C15H24N2O/c1-10-5-6-15(12(10)3)16-9-13-8-14(18-4)7-11(2)17-13/h7-8,10,12,15-16H,5-6,9H2,1-4H3. The molecule has 3 unspecified atom stereocenters. The van der Waals surface area contributed by atoms with Gasteiger partial charge >= 0.3 is 0 Å². The lowest BCUT2D eigenvalue weighted by Crippen LogP contribution is -2.32. The molecule has 1 heterocycles. The molecule has 100 valence electrons. The first-order chi connectivity index (χ1) is 8.60. The summed E-state index contributed by atoms with van der Waals surface area (Å²) in [7, 11) is 1.70. The zero-order chi connectivity index (χ0) is 13.1. The highest BCUT2D eigenvalue weighted by Crippen LogP contribution is 2.31. The fourth-order valence-corrected chi connectivity index (χ4v) is 2.80. The average Bonchev–Trinajstić information content (AvgIpc) is 2.67. The number of nitrogens with zero attached hydrogens (tertiary/aromatic N) is 1. The van der Waals surface area contributed by atoms with Gasteiger partial charge in [-0.2, -0.15) is 0 Å². The first-order valence-electron chi connectivity index (χ1n) is 6.85. The molecule has 2 rings (SSSR count). The zero-order valence-corrected chi connectivity index (χ0v) is 11.9. The van der Waals surface area contributed by atoms with E-state index in [-0.39, 0.29) is 0 Å². The molecule has 18 heavy (non-hydrogen) atoms. The van der Waals surface area contributed by atoms with Crippen LogP contribution in [0.1, 0.15) is 38.1 Å². The van der Waals surface area contributed by atoms with Crippen LogP contribution in [0.15, 0.2) is 12.1 Å². The van der Waals surface area contributed by atoms with Crippen LogP contribution in [0.25, 0.3) is 0 Å². The van der Waals surface area contributed by atoms with Crippen molar-refractivity contribution in [2.75, 3.05) is 7.11 Å². The van der Waals surface area contributed by atoms with Crippen molar-refractivity contribution in [2.45, 2.75) is 46.2 Å². The predicted octanol–water partition coefficient (Wildman–Crippen LogP) is 2.92. The molecule has 3 nitrogen and oxygen atoms in total. The van der Waals surface area contributed by atoms with Gasteiger partial charge in [-0.15, -0.1) is 0 Å². The highest BCUT2D eigenvalue weighted by atomic mass is 16.5. The molecule has 0 aromatic carbocycles. The monoisotopic (exact) mass is 248 g/mol. The fraction of sp³-hybridized carbons (Fsp3) is 0.667. The fourth-order valence-electron chi connectivity index (χ4n) is 2.80. The van der Waals surface area contributed by atoms with E-state index in [2.05, 4.69) is 24.1 Å². The van der Waals surface area contributed by atoms with Gasteiger partial charge in [0.15, 0.2) is 0 Å². The highest BCUT2D eigenvalue weighted by molar-refractivity contribution is 5.26. The van der Waals surface area contributed by atoms with Gasteiger partial charge in [-0.1, -0.05) is 13.8 Å². The molecule has 1 aliphatic carbocycles. The second kappa shape index (κ2) is 5.70. The van der Waals surface area contributed by atoms with Crippen LogP contribution in [0.4, 0.5) is 0 Å². The van der Waals surface area contributed by atoms with Gasteiger partial charge in [0.1, 0.15) is 5.75 Å². The first-order valence-corrected chi connectivity index (χ1v) is 6.85. The van der Waals surface area contributed by atoms with Crippen LogP contribution in [0.2, 0.25) is 0 Å². The van der Waals surface area contributed by atoms with E-state index in [1.807, 2.05) is 19.1 Å². The smallest absolute Gasteiger partial charge is 0.122 e. The van der Waals surface area contributed by atoms with Crippen molar-refractivity contribution in [2.24, 2.45) is 11.8 Å². The third kappa shape index (κ3) is 3.02. The number of methoxy groups -OCH3 is 1. The Labute approximate surface area is 110 Å². The molecule has 1 saturated carbocycles. The van der Waals surface area contributed by atoms with E-state index < -0.39 is 0 Å². The summed E-state index contributed by atoms with van der Waals surface area (Å²) in [5, 5.41) is 3.64. The Morgan fingerprint density at radius 1 is 1.33 bits per heavy atom. The van der Waals surface area contributed by atoms with Gasteiger partial charge in [-0.05, 0) is 31.6 Å². The molecule has 1 aliphatic rings. The van der Waals surface area contributed by atoms with E-state index in [9.17, 15) is 0 Å². The Balaban J connectivity index is 1.96. The van der Waals surface area contributed by atoms with Gasteiger partial charge in [0.25, 0.3) is 0 Å². The lowest BCUT2D eigenvalue weighted by Gasteiger charge is -2.19.